The van der Waals surface area contributed by atoms with Crippen LogP contribution in [0, 0.1) is 5.92 Å². The number of aromatic nitrogens is 3. The first kappa shape index (κ1) is 17.3. The summed E-state index contributed by atoms with van der Waals surface area (Å²) in [6.45, 7) is 2.53. The van der Waals surface area contributed by atoms with Crippen LogP contribution in [0.25, 0.3) is 11.2 Å². The molecule has 4 rings (SSSR count). The van der Waals surface area contributed by atoms with E-state index in [0.717, 1.165) is 37.1 Å². The smallest absolute Gasteiger partial charge is 0.330 e. The van der Waals surface area contributed by atoms with Crippen molar-refractivity contribution in [2.24, 2.45) is 5.92 Å². The average Bonchev–Trinajstić information content (AvgIpc) is 3.44. The van der Waals surface area contributed by atoms with E-state index >= 15 is 0 Å². The Morgan fingerprint density at radius 1 is 1.35 bits per heavy atom. The standard InChI is InChI=1S/C19H26N4O3/c1-26-11-8-17(24)21-10-3-4-15(13-21)23-18-16(5-2-9-20-18)22(19(23)25)12-14-6-7-14/h2,5,9,14-15H,3-4,6-8,10-13H2,1H3/t15-/m0/s1. The molecule has 1 aliphatic heterocycles. The van der Waals surface area contributed by atoms with Gasteiger partial charge >= 0.3 is 5.69 Å². The maximum Gasteiger partial charge on any atom is 0.330 e. The lowest BCUT2D eigenvalue weighted by Gasteiger charge is -2.33. The number of methoxy groups -OCH3 is 1. The zero-order valence-electron chi connectivity index (χ0n) is 15.3. The highest BCUT2D eigenvalue weighted by atomic mass is 16.5. The van der Waals surface area contributed by atoms with Gasteiger partial charge in [-0.2, -0.15) is 0 Å². The second-order valence-corrected chi connectivity index (χ2v) is 7.43. The Morgan fingerprint density at radius 2 is 2.19 bits per heavy atom. The predicted molar refractivity (Wildman–Crippen MR) is 98.1 cm³/mol. The number of imidazole rings is 1. The molecule has 0 aromatic carbocycles. The third-order valence-corrected chi connectivity index (χ3v) is 5.49. The predicted octanol–water partition coefficient (Wildman–Crippen LogP) is 1.81. The van der Waals surface area contributed by atoms with Crippen molar-refractivity contribution in [2.75, 3.05) is 26.8 Å². The summed E-state index contributed by atoms with van der Waals surface area (Å²) in [4.78, 5) is 31.9. The SMILES string of the molecule is COCCC(=O)N1CCC[C@H](n2c(=O)n(CC3CC3)c3cccnc32)C1. The van der Waals surface area contributed by atoms with E-state index < -0.39 is 0 Å². The van der Waals surface area contributed by atoms with Gasteiger partial charge in [-0.1, -0.05) is 0 Å². The molecule has 0 N–H and O–H groups in total. The van der Waals surface area contributed by atoms with Crippen LogP contribution in [0.4, 0.5) is 0 Å². The highest BCUT2D eigenvalue weighted by Gasteiger charge is 2.30. The van der Waals surface area contributed by atoms with Crippen LogP contribution in [-0.2, 0) is 16.1 Å². The van der Waals surface area contributed by atoms with E-state index in [9.17, 15) is 9.59 Å². The maximum absolute atomic E-state index is 13.2. The molecule has 2 fully saturated rings. The molecule has 1 aliphatic carbocycles. The lowest BCUT2D eigenvalue weighted by Crippen LogP contribution is -2.43. The third kappa shape index (κ3) is 3.28. The molecule has 2 aliphatic rings. The minimum absolute atomic E-state index is 0.0133. The van der Waals surface area contributed by atoms with Crippen molar-refractivity contribution in [3.05, 3.63) is 28.8 Å². The number of nitrogens with zero attached hydrogens (tertiary/aromatic N) is 4. The van der Waals surface area contributed by atoms with Gasteiger partial charge in [0.05, 0.1) is 24.6 Å². The van der Waals surface area contributed by atoms with Gasteiger partial charge in [-0.05, 0) is 43.7 Å². The summed E-state index contributed by atoms with van der Waals surface area (Å²) < 4.78 is 8.73. The number of pyridine rings is 1. The lowest BCUT2D eigenvalue weighted by molar-refractivity contribution is -0.133. The summed E-state index contributed by atoms with van der Waals surface area (Å²) in [5.74, 6) is 0.713. The zero-order chi connectivity index (χ0) is 18.1. The summed E-state index contributed by atoms with van der Waals surface area (Å²) >= 11 is 0. The van der Waals surface area contributed by atoms with Gasteiger partial charge < -0.3 is 9.64 Å². The number of carbonyl (C=O) groups excluding carboxylic acids is 1. The molecule has 0 radical (unpaired) electrons. The molecular formula is C19H26N4O3. The van der Waals surface area contributed by atoms with Crippen LogP contribution in [0.5, 0.6) is 0 Å². The van der Waals surface area contributed by atoms with E-state index in [4.69, 9.17) is 4.74 Å². The van der Waals surface area contributed by atoms with E-state index in [0.29, 0.717) is 25.5 Å². The Balaban J connectivity index is 1.64. The molecule has 0 unspecified atom stereocenters. The number of rotatable bonds is 6. The fourth-order valence-corrected chi connectivity index (χ4v) is 3.91. The molecule has 3 heterocycles. The van der Waals surface area contributed by atoms with Crippen molar-refractivity contribution in [3.63, 3.8) is 0 Å². The van der Waals surface area contributed by atoms with Crippen LogP contribution in [0.1, 0.15) is 38.1 Å². The van der Waals surface area contributed by atoms with Crippen molar-refractivity contribution in [1.82, 2.24) is 19.0 Å². The van der Waals surface area contributed by atoms with Crippen molar-refractivity contribution < 1.29 is 9.53 Å². The Kier molecular flexibility index (Phi) is 4.80. The molecule has 7 nitrogen and oxygen atoms in total. The maximum atomic E-state index is 13.2. The van der Waals surface area contributed by atoms with Crippen molar-refractivity contribution in [2.45, 2.75) is 44.7 Å². The van der Waals surface area contributed by atoms with E-state index in [2.05, 4.69) is 4.98 Å². The molecule has 26 heavy (non-hydrogen) atoms. The molecule has 0 spiro atoms. The van der Waals surface area contributed by atoms with Gasteiger partial charge in [0, 0.05) is 32.9 Å². The van der Waals surface area contributed by atoms with Crippen LogP contribution in [-0.4, -0.2) is 51.7 Å². The highest BCUT2D eigenvalue weighted by molar-refractivity contribution is 5.76. The molecule has 0 bridgehead atoms. The number of likely N-dealkylation sites (tertiary alicyclic amines) is 1. The Morgan fingerprint density at radius 3 is 2.96 bits per heavy atom. The summed E-state index contributed by atoms with van der Waals surface area (Å²) in [5.41, 5.74) is 1.67. The van der Waals surface area contributed by atoms with Gasteiger partial charge in [0.25, 0.3) is 0 Å². The van der Waals surface area contributed by atoms with Crippen LogP contribution < -0.4 is 5.69 Å². The quantitative estimate of drug-likeness (QED) is 0.790. The van der Waals surface area contributed by atoms with Crippen molar-refractivity contribution in [1.29, 1.82) is 0 Å². The van der Waals surface area contributed by atoms with Crippen molar-refractivity contribution in [3.8, 4) is 0 Å². The lowest BCUT2D eigenvalue weighted by atomic mass is 10.1. The molecule has 1 amide bonds. The van der Waals surface area contributed by atoms with Crippen LogP contribution >= 0.6 is 0 Å². The number of hydrogen-bond acceptors (Lipinski definition) is 4. The molecular weight excluding hydrogens is 332 g/mol. The fraction of sp³-hybridized carbons (Fsp3) is 0.632. The molecule has 140 valence electrons. The number of ether oxygens (including phenoxy) is 1. The van der Waals surface area contributed by atoms with E-state index in [1.165, 1.54) is 12.8 Å². The molecule has 2 aromatic heterocycles. The number of piperidine rings is 1. The van der Waals surface area contributed by atoms with Crippen LogP contribution in [0.3, 0.4) is 0 Å². The van der Waals surface area contributed by atoms with Gasteiger partial charge in [-0.15, -0.1) is 0 Å². The Bertz CT molecular complexity index is 852. The number of carbonyl (C=O) groups is 1. The first-order chi connectivity index (χ1) is 12.7. The zero-order valence-corrected chi connectivity index (χ0v) is 15.3. The Hall–Kier alpha value is -2.15. The summed E-state index contributed by atoms with van der Waals surface area (Å²) in [7, 11) is 1.60. The summed E-state index contributed by atoms with van der Waals surface area (Å²) in [6, 6.07) is 3.85. The van der Waals surface area contributed by atoms with E-state index in [1.807, 2.05) is 26.2 Å². The van der Waals surface area contributed by atoms with E-state index in [1.54, 1.807) is 13.3 Å². The normalized spacial score (nSPS) is 20.7. The summed E-state index contributed by atoms with van der Waals surface area (Å²) in [5, 5.41) is 0. The minimum atomic E-state index is -0.0133. The average molecular weight is 358 g/mol. The topological polar surface area (TPSA) is 69.4 Å². The van der Waals surface area contributed by atoms with Gasteiger partial charge in [0.2, 0.25) is 5.91 Å². The number of hydrogen-bond donors (Lipinski definition) is 0. The fourth-order valence-electron chi connectivity index (χ4n) is 3.91. The number of amides is 1. The van der Waals surface area contributed by atoms with Crippen LogP contribution in [0.2, 0.25) is 0 Å². The van der Waals surface area contributed by atoms with Gasteiger partial charge in [0.1, 0.15) is 0 Å². The third-order valence-electron chi connectivity index (χ3n) is 5.49. The van der Waals surface area contributed by atoms with E-state index in [-0.39, 0.29) is 17.6 Å². The van der Waals surface area contributed by atoms with Crippen molar-refractivity contribution >= 4 is 17.1 Å². The molecule has 7 heteroatoms. The van der Waals surface area contributed by atoms with Gasteiger partial charge in [-0.3, -0.25) is 13.9 Å². The van der Waals surface area contributed by atoms with Gasteiger partial charge in [0.15, 0.2) is 5.65 Å². The van der Waals surface area contributed by atoms with Gasteiger partial charge in [-0.25, -0.2) is 9.78 Å². The first-order valence-electron chi connectivity index (χ1n) is 9.51. The molecule has 1 atom stereocenters. The highest BCUT2D eigenvalue weighted by Crippen LogP contribution is 2.32. The monoisotopic (exact) mass is 358 g/mol. The molecule has 1 saturated carbocycles. The second kappa shape index (κ2) is 7.23. The molecule has 2 aromatic rings. The molecule has 1 saturated heterocycles. The minimum Gasteiger partial charge on any atom is -0.384 e. The first-order valence-corrected chi connectivity index (χ1v) is 9.51. The summed E-state index contributed by atoms with van der Waals surface area (Å²) in [6.07, 6.45) is 6.32. The Labute approximate surface area is 152 Å². The largest absolute Gasteiger partial charge is 0.384 e. The second-order valence-electron chi connectivity index (χ2n) is 7.43. The van der Waals surface area contributed by atoms with Crippen LogP contribution in [0.15, 0.2) is 23.1 Å². The number of fused-ring (bicyclic) bond motifs is 1.